The lowest BCUT2D eigenvalue weighted by atomic mass is 10.1. The van der Waals surface area contributed by atoms with Crippen LogP contribution in [0, 0.1) is 5.92 Å². The van der Waals surface area contributed by atoms with Gasteiger partial charge in [-0.1, -0.05) is 19.0 Å². The van der Waals surface area contributed by atoms with Crippen LogP contribution in [0.25, 0.3) is 0 Å². The summed E-state index contributed by atoms with van der Waals surface area (Å²) >= 11 is 0. The van der Waals surface area contributed by atoms with Crippen LogP contribution in [0.1, 0.15) is 26.3 Å². The van der Waals surface area contributed by atoms with Gasteiger partial charge in [0.05, 0.1) is 23.4 Å². The Balaban J connectivity index is 2.71. The zero-order chi connectivity index (χ0) is 16.0. The number of oxime groups is 1. The van der Waals surface area contributed by atoms with Crippen LogP contribution in [0.15, 0.2) is 34.3 Å². The van der Waals surface area contributed by atoms with Gasteiger partial charge in [-0.2, -0.15) is 0 Å². The van der Waals surface area contributed by atoms with Gasteiger partial charge in [-0.15, -0.1) is 0 Å². The fraction of sp³-hybridized carbons (Fsp3) is 0.500. The van der Waals surface area contributed by atoms with Crippen LogP contribution in [0.3, 0.4) is 0 Å². The average molecular weight is 314 g/mol. The van der Waals surface area contributed by atoms with E-state index in [9.17, 15) is 8.42 Å². The quantitative estimate of drug-likeness (QED) is 0.344. The molecule has 1 rings (SSSR count). The van der Waals surface area contributed by atoms with Crippen LogP contribution >= 0.6 is 0 Å². The van der Waals surface area contributed by atoms with Gasteiger partial charge in [-0.25, -0.2) is 8.42 Å². The minimum absolute atomic E-state index is 0.0168. The molecule has 1 atom stereocenters. The second kappa shape index (κ2) is 7.42. The van der Waals surface area contributed by atoms with Gasteiger partial charge >= 0.3 is 0 Å². The second-order valence-corrected chi connectivity index (χ2v) is 7.26. The van der Waals surface area contributed by atoms with Crippen molar-refractivity contribution in [2.24, 2.45) is 16.8 Å². The van der Waals surface area contributed by atoms with Gasteiger partial charge in [-0.3, -0.25) is 0 Å². The molecule has 1 aromatic rings. The highest BCUT2D eigenvalue weighted by Crippen LogP contribution is 2.13. The highest BCUT2D eigenvalue weighted by atomic mass is 32.2. The van der Waals surface area contributed by atoms with Crippen LogP contribution in [-0.2, 0) is 14.6 Å². The number of nitrogens with zero attached hydrogens (tertiary/aromatic N) is 1. The Morgan fingerprint density at radius 3 is 2.33 bits per heavy atom. The third-order valence-electron chi connectivity index (χ3n) is 3.29. The van der Waals surface area contributed by atoms with E-state index in [0.717, 1.165) is 0 Å². The largest absolute Gasteiger partial charge is 0.409 e. The van der Waals surface area contributed by atoms with Crippen molar-refractivity contribution >= 4 is 15.7 Å². The molecule has 0 saturated heterocycles. The summed E-state index contributed by atoms with van der Waals surface area (Å²) in [7, 11) is -3.40. The highest BCUT2D eigenvalue weighted by molar-refractivity contribution is 7.91. The van der Waals surface area contributed by atoms with E-state index in [1.54, 1.807) is 0 Å². The molecule has 0 heterocycles. The number of ether oxygens (including phenoxy) is 1. The van der Waals surface area contributed by atoms with Gasteiger partial charge in [0.25, 0.3) is 0 Å². The normalized spacial score (nSPS) is 14.4. The summed E-state index contributed by atoms with van der Waals surface area (Å²) in [6, 6.07) is 5.88. The topological polar surface area (TPSA) is 102 Å². The molecule has 1 aromatic carbocycles. The van der Waals surface area contributed by atoms with Gasteiger partial charge < -0.3 is 15.7 Å². The van der Waals surface area contributed by atoms with E-state index in [2.05, 4.69) is 5.16 Å². The van der Waals surface area contributed by atoms with Crippen molar-refractivity contribution in [1.29, 1.82) is 0 Å². The first kappa shape index (κ1) is 17.5. The molecule has 6 nitrogen and oxygen atoms in total. The molecule has 3 N–H and O–H groups in total. The minimum Gasteiger partial charge on any atom is -0.409 e. The van der Waals surface area contributed by atoms with Crippen molar-refractivity contribution in [3.05, 3.63) is 29.8 Å². The maximum absolute atomic E-state index is 12.1. The third kappa shape index (κ3) is 5.02. The van der Waals surface area contributed by atoms with Gasteiger partial charge in [0.2, 0.25) is 0 Å². The van der Waals surface area contributed by atoms with E-state index in [-0.39, 0.29) is 29.2 Å². The summed E-state index contributed by atoms with van der Waals surface area (Å²) < 4.78 is 29.8. The van der Waals surface area contributed by atoms with Crippen molar-refractivity contribution in [3.63, 3.8) is 0 Å². The average Bonchev–Trinajstić information content (AvgIpc) is 2.46. The summed E-state index contributed by atoms with van der Waals surface area (Å²) in [6.07, 6.45) is 0.0168. The lowest BCUT2D eigenvalue weighted by molar-refractivity contribution is 0.0455. The van der Waals surface area contributed by atoms with E-state index < -0.39 is 9.84 Å². The molecule has 0 fully saturated rings. The van der Waals surface area contributed by atoms with Crippen LogP contribution in [-0.4, -0.2) is 37.9 Å². The van der Waals surface area contributed by atoms with Crippen molar-refractivity contribution in [2.45, 2.75) is 31.8 Å². The Labute approximate surface area is 125 Å². The van der Waals surface area contributed by atoms with Crippen LogP contribution in [0.2, 0.25) is 0 Å². The lowest BCUT2D eigenvalue weighted by Crippen LogP contribution is -2.20. The number of sulfone groups is 1. The van der Waals surface area contributed by atoms with E-state index in [0.29, 0.717) is 11.5 Å². The van der Waals surface area contributed by atoms with Crippen LogP contribution < -0.4 is 5.73 Å². The Morgan fingerprint density at radius 2 is 1.86 bits per heavy atom. The van der Waals surface area contributed by atoms with Crippen LogP contribution in [0.5, 0.6) is 0 Å². The predicted octanol–water partition coefficient (Wildman–Crippen LogP) is 1.62. The molecular weight excluding hydrogens is 292 g/mol. The Bertz CT molecular complexity index is 579. The third-order valence-corrected chi connectivity index (χ3v) is 4.98. The second-order valence-electron chi connectivity index (χ2n) is 5.15. The smallest absolute Gasteiger partial charge is 0.180 e. The molecule has 0 aliphatic heterocycles. The summed E-state index contributed by atoms with van der Waals surface area (Å²) in [5.74, 6) is 0.202. The number of hydrogen-bond acceptors (Lipinski definition) is 5. The molecule has 7 heteroatoms. The molecule has 0 aliphatic carbocycles. The highest BCUT2D eigenvalue weighted by Gasteiger charge is 2.16. The zero-order valence-corrected chi connectivity index (χ0v) is 13.3. The van der Waals surface area contributed by atoms with Crippen molar-refractivity contribution < 1.29 is 18.4 Å². The zero-order valence-electron chi connectivity index (χ0n) is 12.5. The van der Waals surface area contributed by atoms with Crippen LogP contribution in [0.4, 0.5) is 0 Å². The Morgan fingerprint density at radius 1 is 1.29 bits per heavy atom. The van der Waals surface area contributed by atoms with Crippen molar-refractivity contribution in [1.82, 2.24) is 0 Å². The number of hydrogen-bond donors (Lipinski definition) is 2. The first-order valence-corrected chi connectivity index (χ1v) is 8.35. The monoisotopic (exact) mass is 314 g/mol. The van der Waals surface area contributed by atoms with Gasteiger partial charge in [0, 0.05) is 5.56 Å². The summed E-state index contributed by atoms with van der Waals surface area (Å²) in [5.41, 5.74) is 5.89. The van der Waals surface area contributed by atoms with Gasteiger partial charge in [0.15, 0.2) is 15.7 Å². The Kier molecular flexibility index (Phi) is 6.17. The maximum atomic E-state index is 12.1. The first-order valence-electron chi connectivity index (χ1n) is 6.70. The van der Waals surface area contributed by atoms with E-state index in [1.165, 1.54) is 24.3 Å². The number of benzene rings is 1. The molecule has 21 heavy (non-hydrogen) atoms. The molecule has 0 bridgehead atoms. The van der Waals surface area contributed by atoms with Crippen molar-refractivity contribution in [3.8, 4) is 0 Å². The standard InChI is InChI=1S/C14H22N2O4S/c1-10(2)11(3)20-8-9-21(18,19)13-6-4-12(5-7-13)14(15)16-17/h4-7,10-11,17H,8-9H2,1-3H3,(H2,15,16). The van der Waals surface area contributed by atoms with E-state index in [4.69, 9.17) is 15.7 Å². The Hall–Kier alpha value is -1.60. The molecule has 0 amide bonds. The first-order chi connectivity index (χ1) is 9.77. The molecule has 118 valence electrons. The molecule has 1 unspecified atom stereocenters. The molecular formula is C14H22N2O4S. The van der Waals surface area contributed by atoms with Crippen molar-refractivity contribution in [2.75, 3.05) is 12.4 Å². The number of rotatable bonds is 7. The van der Waals surface area contributed by atoms with Gasteiger partial charge in [0.1, 0.15) is 0 Å². The van der Waals surface area contributed by atoms with E-state index in [1.807, 2.05) is 20.8 Å². The maximum Gasteiger partial charge on any atom is 0.180 e. The molecule has 0 radical (unpaired) electrons. The predicted molar refractivity (Wildman–Crippen MR) is 81.3 cm³/mol. The summed E-state index contributed by atoms with van der Waals surface area (Å²) in [6.45, 7) is 6.11. The number of nitrogens with two attached hydrogens (primary N) is 1. The molecule has 0 aliphatic rings. The van der Waals surface area contributed by atoms with E-state index >= 15 is 0 Å². The SMILES string of the molecule is CC(C)C(C)OCCS(=O)(=O)c1ccc(/C(N)=N/O)cc1. The fourth-order valence-electron chi connectivity index (χ4n) is 1.54. The lowest BCUT2D eigenvalue weighted by Gasteiger charge is -2.16. The summed E-state index contributed by atoms with van der Waals surface area (Å²) in [4.78, 5) is 0.192. The summed E-state index contributed by atoms with van der Waals surface area (Å²) in [5, 5.41) is 11.4. The number of amidine groups is 1. The molecule has 0 saturated carbocycles. The van der Waals surface area contributed by atoms with Gasteiger partial charge in [-0.05, 0) is 37.1 Å². The molecule has 0 aromatic heterocycles. The fourth-order valence-corrected chi connectivity index (χ4v) is 2.65. The molecule has 0 spiro atoms. The minimum atomic E-state index is -3.40.